The van der Waals surface area contributed by atoms with Gasteiger partial charge < -0.3 is 13.9 Å². The number of aryl methyl sites for hydroxylation is 1. The Morgan fingerprint density at radius 3 is 2.65 bits per heavy atom. The van der Waals surface area contributed by atoms with Crippen LogP contribution in [0, 0.1) is 11.3 Å². The molecular formula is C25H24N4O2. The summed E-state index contributed by atoms with van der Waals surface area (Å²) in [5.74, 6) is 0.617. The molecule has 0 saturated heterocycles. The topological polar surface area (TPSA) is 72.8 Å². The SMILES string of the molecule is CCCCc1nc2cccc(C(=O)OC)c2n1Cc1ccc(-n2ccc(C#N)c2)cc1. The van der Waals surface area contributed by atoms with Gasteiger partial charge in [0.05, 0.1) is 29.3 Å². The number of hydrogen-bond acceptors (Lipinski definition) is 4. The van der Waals surface area contributed by atoms with Crippen molar-refractivity contribution in [2.75, 3.05) is 7.11 Å². The third-order valence-corrected chi connectivity index (χ3v) is 5.40. The van der Waals surface area contributed by atoms with Crippen molar-refractivity contribution in [2.24, 2.45) is 0 Å². The van der Waals surface area contributed by atoms with Crippen molar-refractivity contribution < 1.29 is 9.53 Å². The average molecular weight is 412 g/mol. The van der Waals surface area contributed by atoms with Crippen LogP contribution in [0.4, 0.5) is 0 Å². The maximum Gasteiger partial charge on any atom is 0.340 e. The maximum atomic E-state index is 12.4. The number of ether oxygens (including phenoxy) is 1. The summed E-state index contributed by atoms with van der Waals surface area (Å²) in [4.78, 5) is 17.2. The van der Waals surface area contributed by atoms with Gasteiger partial charge in [0, 0.05) is 31.0 Å². The molecule has 0 aliphatic heterocycles. The number of fused-ring (bicyclic) bond motifs is 1. The fraction of sp³-hybridized carbons (Fsp3) is 0.240. The largest absolute Gasteiger partial charge is 0.465 e. The molecule has 0 amide bonds. The van der Waals surface area contributed by atoms with E-state index < -0.39 is 0 Å². The number of esters is 1. The Morgan fingerprint density at radius 1 is 1.16 bits per heavy atom. The standard InChI is InChI=1S/C25H24N4O2/c1-3-4-8-23-27-22-7-5-6-21(25(30)31-2)24(22)29(23)17-18-9-11-20(12-10-18)28-14-13-19(15-26)16-28/h5-7,9-14,16H,3-4,8,17H2,1-2H3. The number of nitriles is 1. The van der Waals surface area contributed by atoms with Gasteiger partial charge in [-0.05, 0) is 42.3 Å². The van der Waals surface area contributed by atoms with E-state index in [2.05, 4.69) is 29.7 Å². The Kier molecular flexibility index (Phi) is 5.85. The second kappa shape index (κ2) is 8.88. The van der Waals surface area contributed by atoms with E-state index in [4.69, 9.17) is 15.0 Å². The summed E-state index contributed by atoms with van der Waals surface area (Å²) in [5.41, 5.74) is 4.87. The van der Waals surface area contributed by atoms with Crippen LogP contribution in [0.25, 0.3) is 16.7 Å². The van der Waals surface area contributed by atoms with Gasteiger partial charge in [0.25, 0.3) is 0 Å². The van der Waals surface area contributed by atoms with E-state index in [-0.39, 0.29) is 5.97 Å². The number of benzene rings is 2. The van der Waals surface area contributed by atoms with Gasteiger partial charge in [0.1, 0.15) is 11.9 Å². The first-order valence-corrected chi connectivity index (χ1v) is 10.4. The molecule has 156 valence electrons. The second-order valence-electron chi connectivity index (χ2n) is 7.47. The predicted molar refractivity (Wildman–Crippen MR) is 119 cm³/mol. The summed E-state index contributed by atoms with van der Waals surface area (Å²) in [6.45, 7) is 2.77. The van der Waals surface area contributed by atoms with Crippen molar-refractivity contribution in [1.29, 1.82) is 5.26 Å². The lowest BCUT2D eigenvalue weighted by Gasteiger charge is -2.12. The molecule has 6 heteroatoms. The molecule has 4 rings (SSSR count). The van der Waals surface area contributed by atoms with Crippen LogP contribution in [0.5, 0.6) is 0 Å². The normalized spacial score (nSPS) is 10.9. The van der Waals surface area contributed by atoms with Crippen LogP contribution in [0.15, 0.2) is 60.9 Å². The average Bonchev–Trinajstić information content (AvgIpc) is 3.42. The number of aromatic nitrogens is 3. The zero-order valence-corrected chi connectivity index (χ0v) is 17.7. The van der Waals surface area contributed by atoms with Crippen molar-refractivity contribution in [3.8, 4) is 11.8 Å². The number of imidazole rings is 1. The van der Waals surface area contributed by atoms with E-state index in [1.54, 1.807) is 12.1 Å². The summed E-state index contributed by atoms with van der Waals surface area (Å²) in [7, 11) is 1.40. The van der Waals surface area contributed by atoms with Crippen molar-refractivity contribution in [1.82, 2.24) is 14.1 Å². The minimum absolute atomic E-state index is 0.356. The first-order chi connectivity index (χ1) is 15.1. The highest BCUT2D eigenvalue weighted by atomic mass is 16.5. The lowest BCUT2D eigenvalue weighted by atomic mass is 10.1. The monoisotopic (exact) mass is 412 g/mol. The molecule has 0 saturated carbocycles. The number of carbonyl (C=O) groups excluding carboxylic acids is 1. The summed E-state index contributed by atoms with van der Waals surface area (Å²) >= 11 is 0. The highest BCUT2D eigenvalue weighted by Gasteiger charge is 2.18. The Labute approximate surface area is 181 Å². The lowest BCUT2D eigenvalue weighted by molar-refractivity contribution is 0.0602. The molecule has 0 N–H and O–H groups in total. The predicted octanol–water partition coefficient (Wildman–Crippen LogP) is 4.88. The minimum atomic E-state index is -0.356. The molecule has 6 nitrogen and oxygen atoms in total. The summed E-state index contributed by atoms with van der Waals surface area (Å²) in [6.07, 6.45) is 6.64. The summed E-state index contributed by atoms with van der Waals surface area (Å²) < 4.78 is 9.07. The Bertz CT molecular complexity index is 1260. The van der Waals surface area contributed by atoms with Crippen LogP contribution >= 0.6 is 0 Å². The Balaban J connectivity index is 1.72. The quantitative estimate of drug-likeness (QED) is 0.406. The number of nitrogens with zero attached hydrogens (tertiary/aromatic N) is 4. The van der Waals surface area contributed by atoms with Crippen LogP contribution in [-0.4, -0.2) is 27.2 Å². The van der Waals surface area contributed by atoms with Crippen LogP contribution in [0.3, 0.4) is 0 Å². The summed E-state index contributed by atoms with van der Waals surface area (Å²) in [6, 6.07) is 17.7. The zero-order valence-electron chi connectivity index (χ0n) is 17.7. The van der Waals surface area contributed by atoms with E-state index in [0.29, 0.717) is 17.7 Å². The molecule has 0 bridgehead atoms. The Hall–Kier alpha value is -3.85. The van der Waals surface area contributed by atoms with E-state index >= 15 is 0 Å². The molecule has 0 unspecified atom stereocenters. The molecule has 0 radical (unpaired) electrons. The van der Waals surface area contributed by atoms with Crippen LogP contribution < -0.4 is 0 Å². The number of rotatable bonds is 7. The van der Waals surface area contributed by atoms with Gasteiger partial charge in [0.15, 0.2) is 0 Å². The van der Waals surface area contributed by atoms with Gasteiger partial charge in [-0.15, -0.1) is 0 Å². The van der Waals surface area contributed by atoms with Gasteiger partial charge in [-0.1, -0.05) is 31.5 Å². The molecule has 4 aromatic rings. The fourth-order valence-electron chi connectivity index (χ4n) is 3.78. The molecule has 0 aliphatic rings. The third-order valence-electron chi connectivity index (χ3n) is 5.40. The highest BCUT2D eigenvalue weighted by molar-refractivity contribution is 6.02. The van der Waals surface area contributed by atoms with Crippen molar-refractivity contribution >= 4 is 17.0 Å². The molecular weight excluding hydrogens is 388 g/mol. The van der Waals surface area contributed by atoms with Crippen molar-refractivity contribution in [3.05, 3.63) is 83.4 Å². The molecule has 31 heavy (non-hydrogen) atoms. The van der Waals surface area contributed by atoms with Gasteiger partial charge in [-0.2, -0.15) is 5.26 Å². The molecule has 0 aliphatic carbocycles. The maximum absolute atomic E-state index is 12.4. The minimum Gasteiger partial charge on any atom is -0.465 e. The first kappa shape index (κ1) is 20.4. The van der Waals surface area contributed by atoms with E-state index in [9.17, 15) is 4.79 Å². The number of hydrogen-bond donors (Lipinski definition) is 0. The van der Waals surface area contributed by atoms with Gasteiger partial charge in [0.2, 0.25) is 0 Å². The first-order valence-electron chi connectivity index (χ1n) is 10.4. The molecule has 0 spiro atoms. The van der Waals surface area contributed by atoms with E-state index in [1.165, 1.54) is 7.11 Å². The highest BCUT2D eigenvalue weighted by Crippen LogP contribution is 2.24. The lowest BCUT2D eigenvalue weighted by Crippen LogP contribution is -2.09. The van der Waals surface area contributed by atoms with Gasteiger partial charge in [-0.25, -0.2) is 9.78 Å². The van der Waals surface area contributed by atoms with Crippen molar-refractivity contribution in [3.63, 3.8) is 0 Å². The molecule has 0 fully saturated rings. The van der Waals surface area contributed by atoms with E-state index in [1.807, 2.05) is 41.2 Å². The van der Waals surface area contributed by atoms with Crippen molar-refractivity contribution in [2.45, 2.75) is 32.7 Å². The van der Waals surface area contributed by atoms with Crippen LogP contribution in [0.1, 0.15) is 47.1 Å². The molecule has 0 atom stereocenters. The summed E-state index contributed by atoms with van der Waals surface area (Å²) in [5, 5.41) is 9.03. The van der Waals surface area contributed by atoms with Gasteiger partial charge >= 0.3 is 5.97 Å². The number of methoxy groups -OCH3 is 1. The van der Waals surface area contributed by atoms with E-state index in [0.717, 1.165) is 47.4 Å². The number of para-hydroxylation sites is 1. The van der Waals surface area contributed by atoms with Gasteiger partial charge in [-0.3, -0.25) is 0 Å². The second-order valence-corrected chi connectivity index (χ2v) is 7.47. The Morgan fingerprint density at radius 2 is 1.97 bits per heavy atom. The van der Waals surface area contributed by atoms with Crippen LogP contribution in [-0.2, 0) is 17.7 Å². The molecule has 2 aromatic carbocycles. The molecule has 2 aromatic heterocycles. The molecule has 2 heterocycles. The third kappa shape index (κ3) is 4.08. The number of unbranched alkanes of at least 4 members (excludes halogenated alkanes) is 1. The zero-order chi connectivity index (χ0) is 21.8. The number of carbonyl (C=O) groups is 1. The smallest absolute Gasteiger partial charge is 0.340 e. The fourth-order valence-corrected chi connectivity index (χ4v) is 3.78. The van der Waals surface area contributed by atoms with Crippen LogP contribution in [0.2, 0.25) is 0 Å².